The lowest BCUT2D eigenvalue weighted by Gasteiger charge is -2.40. The zero-order valence-corrected chi connectivity index (χ0v) is 12.6. The average molecular weight is 286 g/mol. The maximum atomic E-state index is 6.40. The Hall–Kier alpha value is -0.400. The molecule has 0 bridgehead atoms. The number of alkyl halides is 1. The molecule has 0 N–H and O–H groups in total. The highest BCUT2D eigenvalue weighted by Gasteiger charge is 2.25. The van der Waals surface area contributed by atoms with Crippen LogP contribution in [0.4, 0.5) is 5.69 Å². The number of anilines is 1. The molecule has 2 atom stereocenters. The molecule has 2 unspecified atom stereocenters. The summed E-state index contributed by atoms with van der Waals surface area (Å²) in [5, 5.41) is 0.830. The molecule has 1 aliphatic rings. The highest BCUT2D eigenvalue weighted by atomic mass is 35.5. The predicted molar refractivity (Wildman–Crippen MR) is 80.8 cm³/mol. The van der Waals surface area contributed by atoms with Crippen LogP contribution in [0.15, 0.2) is 18.2 Å². The summed E-state index contributed by atoms with van der Waals surface area (Å²) in [5.74, 6) is 1.32. The topological polar surface area (TPSA) is 3.24 Å². The Morgan fingerprint density at radius 1 is 1.33 bits per heavy atom. The van der Waals surface area contributed by atoms with Crippen LogP contribution in [0, 0.1) is 5.92 Å². The van der Waals surface area contributed by atoms with Crippen LogP contribution in [-0.4, -0.2) is 12.6 Å². The number of hydrogen-bond acceptors (Lipinski definition) is 1. The minimum absolute atomic E-state index is 0.521. The van der Waals surface area contributed by atoms with Gasteiger partial charge in [0.2, 0.25) is 0 Å². The number of nitrogens with zero attached hydrogens (tertiary/aromatic N) is 1. The molecule has 0 radical (unpaired) electrons. The summed E-state index contributed by atoms with van der Waals surface area (Å²) in [6.45, 7) is 5.69. The molecule has 1 heterocycles. The van der Waals surface area contributed by atoms with Crippen molar-refractivity contribution in [3.8, 4) is 0 Å². The summed E-state index contributed by atoms with van der Waals surface area (Å²) in [4.78, 5) is 2.46. The van der Waals surface area contributed by atoms with E-state index in [0.29, 0.717) is 11.9 Å². The van der Waals surface area contributed by atoms with Gasteiger partial charge in [0.25, 0.3) is 0 Å². The Kier molecular flexibility index (Phi) is 4.80. The summed E-state index contributed by atoms with van der Waals surface area (Å²) >= 11 is 12.2. The molecule has 1 fully saturated rings. The van der Waals surface area contributed by atoms with Gasteiger partial charge >= 0.3 is 0 Å². The summed E-state index contributed by atoms with van der Waals surface area (Å²) in [6.07, 6.45) is 3.85. The SMILES string of the molecule is CCC1CCC(C)N(c2ccc(CCl)cc2Cl)C1. The van der Waals surface area contributed by atoms with Gasteiger partial charge in [0.05, 0.1) is 10.7 Å². The van der Waals surface area contributed by atoms with Gasteiger partial charge in [-0.25, -0.2) is 0 Å². The van der Waals surface area contributed by atoms with E-state index in [2.05, 4.69) is 30.9 Å². The maximum absolute atomic E-state index is 6.40. The maximum Gasteiger partial charge on any atom is 0.0642 e. The van der Waals surface area contributed by atoms with Crippen LogP contribution in [0.25, 0.3) is 0 Å². The van der Waals surface area contributed by atoms with Crippen LogP contribution in [0.3, 0.4) is 0 Å². The van der Waals surface area contributed by atoms with Crippen molar-refractivity contribution < 1.29 is 0 Å². The minimum Gasteiger partial charge on any atom is -0.367 e. The van der Waals surface area contributed by atoms with Crippen LogP contribution in [0.5, 0.6) is 0 Å². The smallest absolute Gasteiger partial charge is 0.0642 e. The molecule has 1 aliphatic heterocycles. The van der Waals surface area contributed by atoms with Crippen molar-refractivity contribution in [3.05, 3.63) is 28.8 Å². The van der Waals surface area contributed by atoms with Crippen molar-refractivity contribution in [2.75, 3.05) is 11.4 Å². The summed E-state index contributed by atoms with van der Waals surface area (Å²) in [5.41, 5.74) is 2.25. The zero-order valence-electron chi connectivity index (χ0n) is 11.1. The fourth-order valence-electron chi connectivity index (χ4n) is 2.72. The Balaban J connectivity index is 2.23. The van der Waals surface area contributed by atoms with Crippen molar-refractivity contribution in [1.29, 1.82) is 0 Å². The standard InChI is InChI=1S/C15H21Cl2N/c1-3-12-5-4-11(2)18(10-12)15-7-6-13(9-16)8-14(15)17/h6-8,11-12H,3-5,9-10H2,1-2H3. The summed E-state index contributed by atoms with van der Waals surface area (Å²) < 4.78 is 0. The van der Waals surface area contributed by atoms with E-state index in [-0.39, 0.29) is 0 Å². The number of piperidine rings is 1. The molecule has 0 aliphatic carbocycles. The summed E-state index contributed by atoms with van der Waals surface area (Å²) in [7, 11) is 0. The highest BCUT2D eigenvalue weighted by molar-refractivity contribution is 6.33. The molecule has 100 valence electrons. The largest absolute Gasteiger partial charge is 0.367 e. The van der Waals surface area contributed by atoms with E-state index in [0.717, 1.165) is 28.7 Å². The van der Waals surface area contributed by atoms with E-state index < -0.39 is 0 Å². The van der Waals surface area contributed by atoms with Crippen molar-refractivity contribution in [1.82, 2.24) is 0 Å². The Bertz CT molecular complexity index is 405. The van der Waals surface area contributed by atoms with E-state index in [4.69, 9.17) is 23.2 Å². The fraction of sp³-hybridized carbons (Fsp3) is 0.600. The molecule has 1 aromatic carbocycles. The lowest BCUT2D eigenvalue weighted by atomic mass is 9.91. The third-order valence-electron chi connectivity index (χ3n) is 4.03. The van der Waals surface area contributed by atoms with Gasteiger partial charge in [-0.3, -0.25) is 0 Å². The van der Waals surface area contributed by atoms with Crippen LogP contribution in [-0.2, 0) is 5.88 Å². The number of benzene rings is 1. The Morgan fingerprint density at radius 3 is 2.72 bits per heavy atom. The normalized spacial score (nSPS) is 24.3. The monoisotopic (exact) mass is 285 g/mol. The Morgan fingerprint density at radius 2 is 2.11 bits per heavy atom. The molecule has 3 heteroatoms. The van der Waals surface area contributed by atoms with Gasteiger partial charge < -0.3 is 4.90 Å². The second-order valence-electron chi connectivity index (χ2n) is 5.27. The van der Waals surface area contributed by atoms with Gasteiger partial charge in [0, 0.05) is 18.5 Å². The molecule has 1 saturated heterocycles. The van der Waals surface area contributed by atoms with Crippen molar-refractivity contribution in [2.24, 2.45) is 5.92 Å². The molecule has 1 nitrogen and oxygen atoms in total. The van der Waals surface area contributed by atoms with E-state index >= 15 is 0 Å². The van der Waals surface area contributed by atoms with Gasteiger partial charge in [-0.05, 0) is 43.4 Å². The number of rotatable bonds is 3. The summed E-state index contributed by atoms with van der Waals surface area (Å²) in [6, 6.07) is 6.77. The predicted octanol–water partition coefficient (Wildman–Crippen LogP) is 5.09. The van der Waals surface area contributed by atoms with Gasteiger partial charge in [0.15, 0.2) is 0 Å². The van der Waals surface area contributed by atoms with E-state index in [1.165, 1.54) is 19.3 Å². The van der Waals surface area contributed by atoms with Crippen molar-refractivity contribution >= 4 is 28.9 Å². The lowest BCUT2D eigenvalue weighted by Crippen LogP contribution is -2.41. The van der Waals surface area contributed by atoms with Crippen LogP contribution in [0.2, 0.25) is 5.02 Å². The second-order valence-corrected chi connectivity index (χ2v) is 5.95. The molecule has 0 aromatic heterocycles. The molecular formula is C15H21Cl2N. The third kappa shape index (κ3) is 2.95. The third-order valence-corrected chi connectivity index (χ3v) is 4.64. The number of hydrogen-bond donors (Lipinski definition) is 0. The quantitative estimate of drug-likeness (QED) is 0.699. The van der Waals surface area contributed by atoms with Gasteiger partial charge in [-0.2, -0.15) is 0 Å². The molecule has 18 heavy (non-hydrogen) atoms. The average Bonchev–Trinajstić information content (AvgIpc) is 2.39. The number of halogens is 2. The highest BCUT2D eigenvalue weighted by Crippen LogP contribution is 2.34. The second kappa shape index (κ2) is 6.16. The van der Waals surface area contributed by atoms with Crippen molar-refractivity contribution in [2.45, 2.75) is 45.0 Å². The van der Waals surface area contributed by atoms with E-state index in [1.54, 1.807) is 0 Å². The van der Waals surface area contributed by atoms with Gasteiger partial charge in [-0.15, -0.1) is 11.6 Å². The first-order valence-corrected chi connectivity index (χ1v) is 7.68. The molecule has 0 spiro atoms. The van der Waals surface area contributed by atoms with E-state index in [1.807, 2.05) is 6.07 Å². The molecule has 1 aromatic rings. The first kappa shape index (κ1) is 14.0. The van der Waals surface area contributed by atoms with Crippen LogP contribution >= 0.6 is 23.2 Å². The van der Waals surface area contributed by atoms with Crippen molar-refractivity contribution in [3.63, 3.8) is 0 Å². The fourth-order valence-corrected chi connectivity index (χ4v) is 3.20. The van der Waals surface area contributed by atoms with Crippen LogP contribution < -0.4 is 4.90 Å². The molecular weight excluding hydrogens is 265 g/mol. The van der Waals surface area contributed by atoms with Gasteiger partial charge in [0.1, 0.15) is 0 Å². The molecule has 2 rings (SSSR count). The van der Waals surface area contributed by atoms with Crippen LogP contribution in [0.1, 0.15) is 38.7 Å². The first-order chi connectivity index (χ1) is 8.65. The zero-order chi connectivity index (χ0) is 13.1. The molecule has 0 saturated carbocycles. The minimum atomic E-state index is 0.521. The molecule has 0 amide bonds. The Labute approximate surface area is 120 Å². The van der Waals surface area contributed by atoms with E-state index in [9.17, 15) is 0 Å². The first-order valence-electron chi connectivity index (χ1n) is 6.76. The van der Waals surface area contributed by atoms with Gasteiger partial charge in [-0.1, -0.05) is 31.0 Å². The lowest BCUT2D eigenvalue weighted by molar-refractivity contribution is 0.359.